The molecule has 3 rings (SSSR count). The molecule has 144 valence electrons. The van der Waals surface area contributed by atoms with Gasteiger partial charge in [0.15, 0.2) is 0 Å². The molecule has 0 atom stereocenters. The SMILES string of the molecule is C=C(/N=C\C(=C(/C)NCCC)c1cnn(C)c1)c1cccc(C2=CCN=C2)c1. The lowest BCUT2D eigenvalue weighted by Crippen LogP contribution is -2.14. The Kier molecular flexibility index (Phi) is 6.37. The molecule has 1 aliphatic rings. The van der Waals surface area contributed by atoms with Crippen molar-refractivity contribution in [2.24, 2.45) is 17.0 Å². The lowest BCUT2D eigenvalue weighted by atomic mass is 10.0. The summed E-state index contributed by atoms with van der Waals surface area (Å²) in [6.07, 6.45) is 10.8. The smallest absolute Gasteiger partial charge is 0.0630 e. The van der Waals surface area contributed by atoms with Gasteiger partial charge in [0.05, 0.1) is 18.4 Å². The molecule has 1 N–H and O–H groups in total. The Labute approximate surface area is 166 Å². The second-order valence-electron chi connectivity index (χ2n) is 6.81. The fourth-order valence-electron chi connectivity index (χ4n) is 3.00. The summed E-state index contributed by atoms with van der Waals surface area (Å²) < 4.78 is 1.80. The summed E-state index contributed by atoms with van der Waals surface area (Å²) in [4.78, 5) is 8.93. The minimum Gasteiger partial charge on any atom is -0.388 e. The third-order valence-electron chi connectivity index (χ3n) is 4.59. The minimum absolute atomic E-state index is 0.724. The third-order valence-corrected chi connectivity index (χ3v) is 4.59. The minimum atomic E-state index is 0.724. The quantitative estimate of drug-likeness (QED) is 0.699. The molecule has 0 bridgehead atoms. The topological polar surface area (TPSA) is 54.6 Å². The first-order valence-corrected chi connectivity index (χ1v) is 9.56. The number of allylic oxidation sites excluding steroid dienone is 3. The molecular weight excluding hydrogens is 346 g/mol. The van der Waals surface area contributed by atoms with E-state index < -0.39 is 0 Å². The molecule has 1 aromatic heterocycles. The van der Waals surface area contributed by atoms with Gasteiger partial charge >= 0.3 is 0 Å². The summed E-state index contributed by atoms with van der Waals surface area (Å²) in [5, 5.41) is 7.74. The lowest BCUT2D eigenvalue weighted by molar-refractivity contribution is 0.767. The van der Waals surface area contributed by atoms with Crippen molar-refractivity contribution in [2.45, 2.75) is 20.3 Å². The van der Waals surface area contributed by atoms with Gasteiger partial charge in [-0.15, -0.1) is 0 Å². The van der Waals surface area contributed by atoms with Gasteiger partial charge in [-0.2, -0.15) is 5.10 Å². The van der Waals surface area contributed by atoms with Crippen LogP contribution in [-0.2, 0) is 7.05 Å². The summed E-state index contributed by atoms with van der Waals surface area (Å²) in [7, 11) is 1.92. The van der Waals surface area contributed by atoms with Crippen LogP contribution in [0.3, 0.4) is 0 Å². The zero-order valence-corrected chi connectivity index (χ0v) is 16.8. The molecule has 28 heavy (non-hydrogen) atoms. The standard InChI is InChI=1S/C23H27N5/c1-5-10-25-18(3)23(22-14-27-28(4)16-22)15-26-17(2)19-7-6-8-20(12-19)21-9-11-24-13-21/h6-9,12-16,25H,2,5,10-11H2,1,3-4H3/b23-18-,26-15-. The maximum absolute atomic E-state index is 4.67. The first-order valence-electron chi connectivity index (χ1n) is 9.56. The van der Waals surface area contributed by atoms with Crippen molar-refractivity contribution < 1.29 is 0 Å². The Morgan fingerprint density at radius 2 is 2.21 bits per heavy atom. The highest BCUT2D eigenvalue weighted by molar-refractivity contribution is 6.13. The summed E-state index contributed by atoms with van der Waals surface area (Å²) in [5.74, 6) is 0. The molecule has 0 unspecified atom stereocenters. The van der Waals surface area contributed by atoms with Crippen LogP contribution in [0.5, 0.6) is 0 Å². The van der Waals surface area contributed by atoms with Gasteiger partial charge in [0, 0.05) is 54.6 Å². The predicted octanol–water partition coefficient (Wildman–Crippen LogP) is 4.36. The van der Waals surface area contributed by atoms with Crippen LogP contribution in [0.4, 0.5) is 0 Å². The van der Waals surface area contributed by atoms with Gasteiger partial charge < -0.3 is 5.32 Å². The fraction of sp³-hybridized carbons (Fsp3) is 0.261. The van der Waals surface area contributed by atoms with E-state index >= 15 is 0 Å². The lowest BCUT2D eigenvalue weighted by Gasteiger charge is -2.10. The van der Waals surface area contributed by atoms with Crippen LogP contribution in [0.15, 0.2) is 65.0 Å². The molecule has 5 nitrogen and oxygen atoms in total. The first kappa shape index (κ1) is 19.5. The second kappa shape index (κ2) is 9.13. The molecule has 0 spiro atoms. The molecule has 0 aliphatic carbocycles. The van der Waals surface area contributed by atoms with Gasteiger partial charge in [-0.3, -0.25) is 14.7 Å². The van der Waals surface area contributed by atoms with Crippen LogP contribution >= 0.6 is 0 Å². The first-order chi connectivity index (χ1) is 13.6. The Hall–Kier alpha value is -3.21. The van der Waals surface area contributed by atoms with E-state index in [2.05, 4.69) is 59.0 Å². The van der Waals surface area contributed by atoms with E-state index in [4.69, 9.17) is 0 Å². The van der Waals surface area contributed by atoms with Crippen LogP contribution in [0.2, 0.25) is 0 Å². The summed E-state index contributed by atoms with van der Waals surface area (Å²) in [6.45, 7) is 10.1. The summed E-state index contributed by atoms with van der Waals surface area (Å²) in [6, 6.07) is 8.26. The highest BCUT2D eigenvalue weighted by Gasteiger charge is 2.08. The van der Waals surface area contributed by atoms with E-state index in [0.29, 0.717) is 0 Å². The summed E-state index contributed by atoms with van der Waals surface area (Å²) in [5.41, 5.74) is 7.13. The zero-order valence-electron chi connectivity index (χ0n) is 16.8. The average Bonchev–Trinajstić information content (AvgIpc) is 3.38. The van der Waals surface area contributed by atoms with Crippen LogP contribution in [0, 0.1) is 0 Å². The molecule has 0 saturated carbocycles. The van der Waals surface area contributed by atoms with Crippen molar-refractivity contribution in [1.29, 1.82) is 0 Å². The van der Waals surface area contributed by atoms with Crippen LogP contribution < -0.4 is 5.32 Å². The Morgan fingerprint density at radius 3 is 2.89 bits per heavy atom. The van der Waals surface area contributed by atoms with Crippen molar-refractivity contribution in [3.05, 3.63) is 71.7 Å². The number of aliphatic imine (C=N–C) groups is 2. The average molecular weight is 374 g/mol. The van der Waals surface area contributed by atoms with Crippen molar-refractivity contribution in [2.75, 3.05) is 13.1 Å². The molecule has 0 saturated heterocycles. The predicted molar refractivity (Wildman–Crippen MR) is 119 cm³/mol. The Morgan fingerprint density at radius 1 is 1.36 bits per heavy atom. The van der Waals surface area contributed by atoms with Gasteiger partial charge in [0.1, 0.15) is 0 Å². The van der Waals surface area contributed by atoms with Gasteiger partial charge in [0.25, 0.3) is 0 Å². The monoisotopic (exact) mass is 373 g/mol. The van der Waals surface area contributed by atoms with Crippen LogP contribution in [-0.4, -0.2) is 35.3 Å². The van der Waals surface area contributed by atoms with E-state index in [1.807, 2.05) is 44.0 Å². The van der Waals surface area contributed by atoms with Crippen molar-refractivity contribution in [3.8, 4) is 0 Å². The second-order valence-corrected chi connectivity index (χ2v) is 6.81. The molecule has 2 heterocycles. The molecular formula is C23H27N5. The van der Waals surface area contributed by atoms with E-state index in [0.717, 1.165) is 58.7 Å². The summed E-state index contributed by atoms with van der Waals surface area (Å²) >= 11 is 0. The molecule has 0 fully saturated rings. The van der Waals surface area contributed by atoms with Crippen molar-refractivity contribution in [1.82, 2.24) is 15.1 Å². The number of hydrogen-bond acceptors (Lipinski definition) is 4. The van der Waals surface area contributed by atoms with E-state index in [1.54, 1.807) is 4.68 Å². The fourth-order valence-corrected chi connectivity index (χ4v) is 3.00. The molecule has 1 aromatic carbocycles. The van der Waals surface area contributed by atoms with Crippen molar-refractivity contribution >= 4 is 29.3 Å². The van der Waals surface area contributed by atoms with E-state index in [-0.39, 0.29) is 0 Å². The molecule has 2 aromatic rings. The number of rotatable bonds is 8. The molecule has 0 radical (unpaired) electrons. The number of benzene rings is 1. The molecule has 5 heteroatoms. The highest BCUT2D eigenvalue weighted by Crippen LogP contribution is 2.22. The number of aromatic nitrogens is 2. The maximum atomic E-state index is 4.67. The van der Waals surface area contributed by atoms with Gasteiger partial charge in [-0.05, 0) is 30.5 Å². The normalized spacial score (nSPS) is 14.3. The van der Waals surface area contributed by atoms with Gasteiger partial charge in [0.2, 0.25) is 0 Å². The number of hydrogen-bond donors (Lipinski definition) is 1. The van der Waals surface area contributed by atoms with Crippen LogP contribution in [0.1, 0.15) is 37.0 Å². The largest absolute Gasteiger partial charge is 0.388 e. The van der Waals surface area contributed by atoms with E-state index in [9.17, 15) is 0 Å². The number of nitrogens with one attached hydrogen (secondary N) is 1. The third kappa shape index (κ3) is 4.74. The number of nitrogens with zero attached hydrogens (tertiary/aromatic N) is 4. The van der Waals surface area contributed by atoms with Crippen LogP contribution in [0.25, 0.3) is 16.8 Å². The highest BCUT2D eigenvalue weighted by atomic mass is 15.2. The maximum Gasteiger partial charge on any atom is 0.0630 e. The van der Waals surface area contributed by atoms with Crippen molar-refractivity contribution in [3.63, 3.8) is 0 Å². The zero-order chi connectivity index (χ0) is 19.9. The number of aryl methyl sites for hydroxylation is 1. The van der Waals surface area contributed by atoms with E-state index in [1.165, 1.54) is 0 Å². The Balaban J connectivity index is 1.85. The molecule has 0 amide bonds. The van der Waals surface area contributed by atoms with Gasteiger partial charge in [-0.25, -0.2) is 0 Å². The van der Waals surface area contributed by atoms with Gasteiger partial charge in [-0.1, -0.05) is 37.8 Å². The molecule has 1 aliphatic heterocycles. The Bertz CT molecular complexity index is 972.